The number of unbranched alkanes of at least 4 members (excludes halogenated alkanes) is 1. The first kappa shape index (κ1) is 16.3. The predicted molar refractivity (Wildman–Crippen MR) is 87.3 cm³/mol. The van der Waals surface area contributed by atoms with Crippen LogP contribution in [0.15, 0.2) is 9.59 Å². The van der Waals surface area contributed by atoms with E-state index in [9.17, 15) is 9.59 Å². The van der Waals surface area contributed by atoms with E-state index in [2.05, 4.69) is 17.2 Å². The quantitative estimate of drug-likeness (QED) is 0.701. The number of nitrogens with zero attached hydrogens (tertiary/aromatic N) is 4. The van der Waals surface area contributed by atoms with Gasteiger partial charge in [0.15, 0.2) is 11.2 Å². The molecule has 2 heterocycles. The predicted octanol–water partition coefficient (Wildman–Crippen LogP) is -0.00550. The summed E-state index contributed by atoms with van der Waals surface area (Å²) in [5.41, 5.74) is 5.71. The minimum absolute atomic E-state index is 0.312. The van der Waals surface area contributed by atoms with Gasteiger partial charge < -0.3 is 15.6 Å². The van der Waals surface area contributed by atoms with Crippen LogP contribution in [0.2, 0.25) is 0 Å². The number of nitrogens with two attached hydrogens (primary N) is 1. The van der Waals surface area contributed by atoms with E-state index in [-0.39, 0.29) is 11.2 Å². The summed E-state index contributed by atoms with van der Waals surface area (Å²) >= 11 is 0. The van der Waals surface area contributed by atoms with E-state index in [1.165, 1.54) is 11.6 Å². The van der Waals surface area contributed by atoms with E-state index in [1.807, 2.05) is 4.57 Å². The minimum Gasteiger partial charge on any atom is -0.356 e. The Morgan fingerprint density at radius 3 is 2.55 bits per heavy atom. The van der Waals surface area contributed by atoms with Crippen LogP contribution in [0, 0.1) is 0 Å². The Labute approximate surface area is 128 Å². The van der Waals surface area contributed by atoms with Gasteiger partial charge in [-0.05, 0) is 19.4 Å². The monoisotopic (exact) mass is 308 g/mol. The van der Waals surface area contributed by atoms with Crippen LogP contribution in [0.1, 0.15) is 26.2 Å². The molecule has 3 N–H and O–H groups in total. The van der Waals surface area contributed by atoms with Gasteiger partial charge in [-0.3, -0.25) is 13.9 Å². The zero-order valence-corrected chi connectivity index (χ0v) is 13.4. The molecule has 0 aliphatic rings. The van der Waals surface area contributed by atoms with Gasteiger partial charge in [0, 0.05) is 27.2 Å². The molecule has 0 unspecified atom stereocenters. The fourth-order valence-electron chi connectivity index (χ4n) is 2.42. The SMILES string of the molecule is CCCCn1c(NCCCN)nc2c1c(=O)n(C)c(=O)n2C. The summed E-state index contributed by atoms with van der Waals surface area (Å²) < 4.78 is 4.40. The molecule has 0 aliphatic heterocycles. The van der Waals surface area contributed by atoms with E-state index in [0.717, 1.165) is 23.8 Å². The Morgan fingerprint density at radius 1 is 1.18 bits per heavy atom. The van der Waals surface area contributed by atoms with Crippen molar-refractivity contribution in [2.75, 3.05) is 18.4 Å². The van der Waals surface area contributed by atoms with Gasteiger partial charge >= 0.3 is 5.69 Å². The summed E-state index contributed by atoms with van der Waals surface area (Å²) in [6.07, 6.45) is 2.75. The number of hydrogen-bond acceptors (Lipinski definition) is 5. The van der Waals surface area contributed by atoms with Crippen LogP contribution in [0.4, 0.5) is 5.95 Å². The number of aromatic nitrogens is 4. The first-order valence-electron chi connectivity index (χ1n) is 7.63. The third-order valence-corrected chi connectivity index (χ3v) is 3.75. The van der Waals surface area contributed by atoms with Crippen molar-refractivity contribution in [3.63, 3.8) is 0 Å². The molecule has 0 amide bonds. The summed E-state index contributed by atoms with van der Waals surface area (Å²) in [6.45, 7) is 4.04. The van der Waals surface area contributed by atoms with Gasteiger partial charge in [-0.25, -0.2) is 4.79 Å². The lowest BCUT2D eigenvalue weighted by Crippen LogP contribution is -2.37. The van der Waals surface area contributed by atoms with Crippen molar-refractivity contribution in [3.05, 3.63) is 20.8 Å². The molecule has 0 atom stereocenters. The Morgan fingerprint density at radius 2 is 1.91 bits per heavy atom. The lowest BCUT2D eigenvalue weighted by molar-refractivity contribution is 0.640. The molecule has 0 aromatic carbocycles. The Kier molecular flexibility index (Phi) is 5.02. The van der Waals surface area contributed by atoms with Crippen LogP contribution in [0.5, 0.6) is 0 Å². The van der Waals surface area contributed by atoms with Gasteiger partial charge in [0.2, 0.25) is 5.95 Å². The first-order chi connectivity index (χ1) is 10.5. The molecule has 8 heteroatoms. The maximum absolute atomic E-state index is 12.5. The normalized spacial score (nSPS) is 11.3. The molecule has 2 rings (SSSR count). The van der Waals surface area contributed by atoms with Crippen molar-refractivity contribution in [1.82, 2.24) is 18.7 Å². The second-order valence-electron chi connectivity index (χ2n) is 5.39. The van der Waals surface area contributed by atoms with Gasteiger partial charge in [0.1, 0.15) is 0 Å². The standard InChI is InChI=1S/C14H24N6O2/c1-4-5-9-20-10-11(17-13(20)16-8-6-7-15)18(2)14(22)19(3)12(10)21/h4-9,15H2,1-3H3,(H,16,17). The second-order valence-corrected chi connectivity index (χ2v) is 5.39. The van der Waals surface area contributed by atoms with Crippen molar-refractivity contribution in [3.8, 4) is 0 Å². The molecular weight excluding hydrogens is 284 g/mol. The number of hydrogen-bond donors (Lipinski definition) is 2. The molecule has 0 saturated heterocycles. The van der Waals surface area contributed by atoms with Crippen molar-refractivity contribution in [2.45, 2.75) is 32.7 Å². The van der Waals surface area contributed by atoms with Crippen LogP contribution < -0.4 is 22.3 Å². The largest absolute Gasteiger partial charge is 0.356 e. The number of fused-ring (bicyclic) bond motifs is 1. The smallest absolute Gasteiger partial charge is 0.332 e. The molecule has 22 heavy (non-hydrogen) atoms. The van der Waals surface area contributed by atoms with Crippen molar-refractivity contribution >= 4 is 17.1 Å². The molecule has 0 fully saturated rings. The van der Waals surface area contributed by atoms with Gasteiger partial charge in [0.25, 0.3) is 5.56 Å². The average Bonchev–Trinajstić information content (AvgIpc) is 2.88. The molecule has 122 valence electrons. The number of imidazole rings is 1. The maximum atomic E-state index is 12.5. The van der Waals surface area contributed by atoms with E-state index >= 15 is 0 Å². The number of anilines is 1. The van der Waals surface area contributed by atoms with Crippen LogP contribution in [-0.2, 0) is 20.6 Å². The van der Waals surface area contributed by atoms with Crippen molar-refractivity contribution in [1.29, 1.82) is 0 Å². The van der Waals surface area contributed by atoms with Crippen LogP contribution >= 0.6 is 0 Å². The summed E-state index contributed by atoms with van der Waals surface area (Å²) in [5.74, 6) is 0.621. The Hall–Kier alpha value is -2.09. The third kappa shape index (κ3) is 2.78. The fraction of sp³-hybridized carbons (Fsp3) is 0.643. The second kappa shape index (κ2) is 6.78. The third-order valence-electron chi connectivity index (χ3n) is 3.75. The lowest BCUT2D eigenvalue weighted by Gasteiger charge is -2.10. The van der Waals surface area contributed by atoms with E-state index in [0.29, 0.717) is 36.7 Å². The zero-order valence-electron chi connectivity index (χ0n) is 13.4. The van der Waals surface area contributed by atoms with Crippen LogP contribution in [-0.4, -0.2) is 31.8 Å². The summed E-state index contributed by atoms with van der Waals surface area (Å²) in [6, 6.07) is 0. The summed E-state index contributed by atoms with van der Waals surface area (Å²) in [7, 11) is 3.12. The highest BCUT2D eigenvalue weighted by atomic mass is 16.2. The van der Waals surface area contributed by atoms with Crippen LogP contribution in [0.25, 0.3) is 11.2 Å². The topological polar surface area (TPSA) is 99.9 Å². The number of aryl methyl sites for hydroxylation is 2. The van der Waals surface area contributed by atoms with Gasteiger partial charge in [0.05, 0.1) is 0 Å². The summed E-state index contributed by atoms with van der Waals surface area (Å²) in [5, 5.41) is 3.21. The molecule has 0 saturated carbocycles. The van der Waals surface area contributed by atoms with E-state index in [4.69, 9.17) is 5.73 Å². The molecule has 0 aliphatic carbocycles. The van der Waals surface area contributed by atoms with Crippen molar-refractivity contribution < 1.29 is 0 Å². The van der Waals surface area contributed by atoms with Crippen molar-refractivity contribution in [2.24, 2.45) is 19.8 Å². The fourth-order valence-corrected chi connectivity index (χ4v) is 2.42. The molecule has 2 aromatic heterocycles. The number of rotatable bonds is 7. The zero-order chi connectivity index (χ0) is 16.3. The average molecular weight is 308 g/mol. The van der Waals surface area contributed by atoms with Gasteiger partial charge in [-0.2, -0.15) is 4.98 Å². The molecule has 2 aromatic rings. The minimum atomic E-state index is -0.369. The molecular formula is C14H24N6O2. The molecule has 0 bridgehead atoms. The van der Waals surface area contributed by atoms with Crippen LogP contribution in [0.3, 0.4) is 0 Å². The van der Waals surface area contributed by atoms with Gasteiger partial charge in [-0.1, -0.05) is 13.3 Å². The Bertz CT molecular complexity index is 770. The molecule has 8 nitrogen and oxygen atoms in total. The highest BCUT2D eigenvalue weighted by molar-refractivity contribution is 5.74. The van der Waals surface area contributed by atoms with Gasteiger partial charge in [-0.15, -0.1) is 0 Å². The van der Waals surface area contributed by atoms with E-state index < -0.39 is 0 Å². The summed E-state index contributed by atoms with van der Waals surface area (Å²) in [4.78, 5) is 29.0. The first-order valence-corrected chi connectivity index (χ1v) is 7.63. The number of nitrogens with one attached hydrogen (secondary N) is 1. The highest BCUT2D eigenvalue weighted by Gasteiger charge is 2.18. The molecule has 0 spiro atoms. The lowest BCUT2D eigenvalue weighted by atomic mass is 10.3. The molecule has 0 radical (unpaired) electrons. The van der Waals surface area contributed by atoms with E-state index in [1.54, 1.807) is 7.05 Å². The highest BCUT2D eigenvalue weighted by Crippen LogP contribution is 2.16. The Balaban J connectivity index is 2.64. The maximum Gasteiger partial charge on any atom is 0.332 e.